The molecule has 452 valence electrons. The molecule has 3 N–H and O–H groups in total. The first kappa shape index (κ1) is 75.4. The fourth-order valence-electron chi connectivity index (χ4n) is 8.62. The summed E-state index contributed by atoms with van der Waals surface area (Å²) in [5.74, 6) is -0.838. The molecule has 0 fully saturated rings. The summed E-state index contributed by atoms with van der Waals surface area (Å²) in [4.78, 5) is 35.3. The Hall–Kier alpha value is -3.59. The van der Waals surface area contributed by atoms with E-state index in [9.17, 15) is 19.0 Å². The van der Waals surface area contributed by atoms with Crippen LogP contribution in [0.25, 0.3) is 0 Å². The van der Waals surface area contributed by atoms with Crippen molar-refractivity contribution in [3.63, 3.8) is 0 Å². The summed E-state index contributed by atoms with van der Waals surface area (Å²) in [7, 11) is -4.40. The van der Waals surface area contributed by atoms with Gasteiger partial charge in [0.05, 0.1) is 13.2 Å². The molecular formula is C69H118NO8P. The van der Waals surface area contributed by atoms with E-state index in [1.807, 2.05) is 0 Å². The minimum Gasteiger partial charge on any atom is -0.462 e. The molecule has 10 heteroatoms. The number of esters is 2. The van der Waals surface area contributed by atoms with E-state index in [0.29, 0.717) is 6.42 Å². The van der Waals surface area contributed by atoms with Crippen molar-refractivity contribution in [2.24, 2.45) is 5.73 Å². The second-order valence-electron chi connectivity index (χ2n) is 20.9. The fourth-order valence-corrected chi connectivity index (χ4v) is 9.39. The number of phosphoric acid groups is 1. The third-order valence-corrected chi connectivity index (χ3v) is 14.3. The first-order chi connectivity index (χ1) is 38.8. The zero-order valence-corrected chi connectivity index (χ0v) is 51.5. The molecule has 2 unspecified atom stereocenters. The highest BCUT2D eigenvalue weighted by Crippen LogP contribution is 2.43. The van der Waals surface area contributed by atoms with Crippen molar-refractivity contribution < 1.29 is 37.6 Å². The van der Waals surface area contributed by atoms with Gasteiger partial charge in [0.2, 0.25) is 0 Å². The van der Waals surface area contributed by atoms with E-state index in [0.717, 1.165) is 103 Å². The van der Waals surface area contributed by atoms with Gasteiger partial charge in [-0.1, -0.05) is 270 Å². The van der Waals surface area contributed by atoms with Gasteiger partial charge in [-0.15, -0.1) is 0 Å². The largest absolute Gasteiger partial charge is 0.472 e. The van der Waals surface area contributed by atoms with E-state index in [-0.39, 0.29) is 38.6 Å². The van der Waals surface area contributed by atoms with E-state index in [1.165, 1.54) is 135 Å². The van der Waals surface area contributed by atoms with E-state index in [1.54, 1.807) is 0 Å². The average Bonchev–Trinajstić information content (AvgIpc) is 3.44. The van der Waals surface area contributed by atoms with Crippen LogP contribution in [0.2, 0.25) is 0 Å². The zero-order chi connectivity index (χ0) is 57.3. The summed E-state index contributed by atoms with van der Waals surface area (Å²) in [5, 5.41) is 0. The maximum absolute atomic E-state index is 12.7. The van der Waals surface area contributed by atoms with Gasteiger partial charge in [0.25, 0.3) is 0 Å². The SMILES string of the molecule is CC/C=C\C/C=C\C/C=C\C/C=C\C/C=C\C/C=C\C/C=C\C/C=C\C/C=C\CCCCCCCCCCCC(=O)OC(COC(=O)CCCCCCCCCCC/C=C\CCCCCCCCCC)COP(=O)(O)OCCN. The first-order valence-corrected chi connectivity index (χ1v) is 33.5. The molecule has 0 aliphatic heterocycles. The maximum Gasteiger partial charge on any atom is 0.472 e. The molecule has 0 heterocycles. The van der Waals surface area contributed by atoms with Crippen molar-refractivity contribution in [2.45, 2.75) is 277 Å². The van der Waals surface area contributed by atoms with Crippen LogP contribution in [0.5, 0.6) is 0 Å². The Morgan fingerprint density at radius 3 is 1.05 bits per heavy atom. The van der Waals surface area contributed by atoms with Crippen LogP contribution in [0.4, 0.5) is 0 Å². The third kappa shape index (κ3) is 63.5. The van der Waals surface area contributed by atoms with Crippen LogP contribution >= 0.6 is 7.82 Å². The van der Waals surface area contributed by atoms with Crippen molar-refractivity contribution in [3.8, 4) is 0 Å². The Labute approximate surface area is 485 Å². The van der Waals surface area contributed by atoms with Gasteiger partial charge in [-0.25, -0.2) is 4.57 Å². The minimum absolute atomic E-state index is 0.0473. The maximum atomic E-state index is 12.7. The van der Waals surface area contributed by atoms with Gasteiger partial charge in [-0.05, 0) is 109 Å². The van der Waals surface area contributed by atoms with Crippen molar-refractivity contribution in [1.82, 2.24) is 0 Å². The lowest BCUT2D eigenvalue weighted by molar-refractivity contribution is -0.161. The molecule has 0 radical (unpaired) electrons. The normalized spacial score (nSPS) is 13.8. The molecule has 0 aromatic rings. The number of phosphoric ester groups is 1. The first-order valence-electron chi connectivity index (χ1n) is 32.0. The van der Waals surface area contributed by atoms with Crippen LogP contribution in [-0.4, -0.2) is 49.3 Å². The summed E-state index contributed by atoms with van der Waals surface area (Å²) in [6.07, 6.45) is 88.3. The van der Waals surface area contributed by atoms with Gasteiger partial charge in [0, 0.05) is 19.4 Å². The Kier molecular flexibility index (Phi) is 60.7. The van der Waals surface area contributed by atoms with E-state index in [4.69, 9.17) is 24.3 Å². The van der Waals surface area contributed by atoms with Crippen molar-refractivity contribution in [3.05, 3.63) is 122 Å². The van der Waals surface area contributed by atoms with Crippen LogP contribution in [0.15, 0.2) is 122 Å². The topological polar surface area (TPSA) is 134 Å². The van der Waals surface area contributed by atoms with Gasteiger partial charge < -0.3 is 20.1 Å². The Morgan fingerprint density at radius 2 is 0.696 bits per heavy atom. The second kappa shape index (κ2) is 63.6. The van der Waals surface area contributed by atoms with Gasteiger partial charge in [0.1, 0.15) is 6.61 Å². The highest BCUT2D eigenvalue weighted by molar-refractivity contribution is 7.47. The molecule has 2 atom stereocenters. The van der Waals surface area contributed by atoms with E-state index >= 15 is 0 Å². The molecule has 0 spiro atoms. The summed E-state index contributed by atoms with van der Waals surface area (Å²) >= 11 is 0. The second-order valence-corrected chi connectivity index (χ2v) is 22.3. The summed E-state index contributed by atoms with van der Waals surface area (Å²) < 4.78 is 33.1. The van der Waals surface area contributed by atoms with Gasteiger partial charge >= 0.3 is 19.8 Å². The average molecular weight is 1120 g/mol. The predicted octanol–water partition coefficient (Wildman–Crippen LogP) is 20.7. The van der Waals surface area contributed by atoms with Crippen LogP contribution in [0.1, 0.15) is 271 Å². The lowest BCUT2D eigenvalue weighted by atomic mass is 10.1. The number of allylic oxidation sites excluding steroid dienone is 20. The number of ether oxygens (including phenoxy) is 2. The van der Waals surface area contributed by atoms with Gasteiger partial charge in [-0.3, -0.25) is 18.6 Å². The lowest BCUT2D eigenvalue weighted by Crippen LogP contribution is -2.29. The lowest BCUT2D eigenvalue weighted by Gasteiger charge is -2.19. The quantitative estimate of drug-likeness (QED) is 0.0264. The minimum atomic E-state index is -4.40. The monoisotopic (exact) mass is 1120 g/mol. The molecule has 79 heavy (non-hydrogen) atoms. The molecule has 9 nitrogen and oxygen atoms in total. The highest BCUT2D eigenvalue weighted by Gasteiger charge is 2.26. The van der Waals surface area contributed by atoms with Crippen molar-refractivity contribution in [1.29, 1.82) is 0 Å². The summed E-state index contributed by atoms with van der Waals surface area (Å²) in [6, 6.07) is 0. The van der Waals surface area contributed by atoms with Crippen molar-refractivity contribution >= 4 is 19.8 Å². The number of nitrogens with two attached hydrogens (primary N) is 1. The van der Waals surface area contributed by atoms with Crippen LogP contribution in [0, 0.1) is 0 Å². The summed E-state index contributed by atoms with van der Waals surface area (Å²) in [6.45, 7) is 3.63. The highest BCUT2D eigenvalue weighted by atomic mass is 31.2. The number of rotatable bonds is 59. The van der Waals surface area contributed by atoms with Gasteiger partial charge in [-0.2, -0.15) is 0 Å². The van der Waals surface area contributed by atoms with E-state index in [2.05, 4.69) is 135 Å². The van der Waals surface area contributed by atoms with Crippen LogP contribution in [0.3, 0.4) is 0 Å². The third-order valence-electron chi connectivity index (χ3n) is 13.3. The molecule has 0 saturated carbocycles. The number of unbranched alkanes of at least 4 members (excludes halogenated alkanes) is 26. The smallest absolute Gasteiger partial charge is 0.462 e. The number of hydrogen-bond donors (Lipinski definition) is 2. The molecule has 0 aromatic heterocycles. The van der Waals surface area contributed by atoms with Gasteiger partial charge in [0.15, 0.2) is 6.10 Å². The number of carbonyl (C=O) groups is 2. The van der Waals surface area contributed by atoms with Crippen LogP contribution < -0.4 is 5.73 Å². The molecule has 0 aliphatic rings. The zero-order valence-electron chi connectivity index (χ0n) is 50.6. The fraction of sp³-hybridized carbons (Fsp3) is 0.681. The molecule has 0 aromatic carbocycles. The molecule has 0 amide bonds. The molecule has 0 rings (SSSR count). The molecule has 0 saturated heterocycles. The number of hydrogen-bond acceptors (Lipinski definition) is 8. The molecular weight excluding hydrogens is 1000 g/mol. The summed E-state index contributed by atoms with van der Waals surface area (Å²) in [5.41, 5.74) is 5.39. The van der Waals surface area contributed by atoms with E-state index < -0.39 is 26.5 Å². The molecule has 0 aliphatic carbocycles. The Morgan fingerprint density at radius 1 is 0.392 bits per heavy atom. The Bertz CT molecular complexity index is 1710. The van der Waals surface area contributed by atoms with Crippen molar-refractivity contribution in [2.75, 3.05) is 26.4 Å². The Balaban J connectivity index is 3.98. The standard InChI is InChI=1S/C69H118NO8P/c1-3-5-7-9-11-13-15-17-19-21-23-25-26-27-28-29-30-31-32-33-34-35-36-37-38-39-40-42-44-46-48-50-52-54-56-58-60-62-69(72)78-67(66-77-79(73,74)76-64-63-70)65-75-68(71)61-59-57-55-53-51-49-47-45-43-41-24-22-20-18-16-14-12-10-8-6-4-2/h5,7,11,13,17,19,22-25,27-28,30-31,33-34,36-37,39-40,67H,3-4,6,8-10,12,14-16,18,20-21,26,29,32,35,38,41-66,70H2,1-2H3,(H,73,74)/b7-5-,13-11-,19-17-,24-22-,25-23-,28-27-,31-30-,34-33-,37-36-,40-39-. The molecule has 0 bridgehead atoms. The van der Waals surface area contributed by atoms with Crippen LogP contribution in [-0.2, 0) is 32.7 Å². The predicted molar refractivity (Wildman–Crippen MR) is 339 cm³/mol. The number of carbonyl (C=O) groups excluding carboxylic acids is 2.